The summed E-state index contributed by atoms with van der Waals surface area (Å²) in [6.07, 6.45) is 0.500. The molecule has 2 N–H and O–H groups in total. The summed E-state index contributed by atoms with van der Waals surface area (Å²) in [6, 6.07) is 19.1. The van der Waals surface area contributed by atoms with Crippen LogP contribution < -0.4 is 10.1 Å². The molecule has 0 aliphatic carbocycles. The second kappa shape index (κ2) is 9.83. The fraction of sp³-hybridized carbons (Fsp3) is 0.269. The van der Waals surface area contributed by atoms with E-state index in [9.17, 15) is 9.90 Å². The van der Waals surface area contributed by atoms with E-state index in [1.807, 2.05) is 61.5 Å². The Morgan fingerprint density at radius 1 is 1.06 bits per heavy atom. The van der Waals surface area contributed by atoms with Crippen molar-refractivity contribution in [3.05, 3.63) is 77.4 Å². The van der Waals surface area contributed by atoms with Gasteiger partial charge in [-0.05, 0) is 60.2 Å². The van der Waals surface area contributed by atoms with Gasteiger partial charge in [-0.2, -0.15) is 0 Å². The van der Waals surface area contributed by atoms with Crippen molar-refractivity contribution in [2.24, 2.45) is 0 Å². The van der Waals surface area contributed by atoms with Gasteiger partial charge in [-0.3, -0.25) is 4.79 Å². The molecule has 0 atom stereocenters. The average molecular weight is 445 g/mol. The Morgan fingerprint density at radius 2 is 1.79 bits per heavy atom. The van der Waals surface area contributed by atoms with E-state index in [0.29, 0.717) is 17.9 Å². The van der Waals surface area contributed by atoms with Gasteiger partial charge in [0.15, 0.2) is 6.61 Å². The van der Waals surface area contributed by atoms with Crippen molar-refractivity contribution >= 4 is 22.6 Å². The van der Waals surface area contributed by atoms with Gasteiger partial charge in [0.2, 0.25) is 0 Å². The maximum Gasteiger partial charge on any atom is 0.262 e. The van der Waals surface area contributed by atoms with Crippen LogP contribution in [0.1, 0.15) is 36.5 Å². The second-order valence-corrected chi connectivity index (χ2v) is 8.28. The van der Waals surface area contributed by atoms with Crippen LogP contribution in [0.25, 0.3) is 16.7 Å². The first kappa shape index (κ1) is 22.5. The van der Waals surface area contributed by atoms with Gasteiger partial charge in [0, 0.05) is 12.3 Å². The van der Waals surface area contributed by atoms with Crippen LogP contribution in [-0.4, -0.2) is 39.2 Å². The maximum absolute atomic E-state index is 12.8. The summed E-state index contributed by atoms with van der Waals surface area (Å²) in [7, 11) is 0. The zero-order valence-corrected chi connectivity index (χ0v) is 19.1. The average Bonchev–Trinajstić information content (AvgIpc) is 3.23. The predicted molar refractivity (Wildman–Crippen MR) is 129 cm³/mol. The molecule has 1 aromatic heterocycles. The highest BCUT2D eigenvalue weighted by Gasteiger charge is 2.15. The third-order valence-corrected chi connectivity index (χ3v) is 5.48. The lowest BCUT2D eigenvalue weighted by molar-refractivity contribution is -0.118. The van der Waals surface area contributed by atoms with Crippen LogP contribution >= 0.6 is 0 Å². The van der Waals surface area contributed by atoms with E-state index in [4.69, 9.17) is 4.74 Å². The summed E-state index contributed by atoms with van der Waals surface area (Å²) >= 11 is 0. The first-order chi connectivity index (χ1) is 16.0. The molecule has 0 unspecified atom stereocenters. The number of rotatable bonds is 8. The number of fused-ring (bicyclic) bond motifs is 1. The number of benzene rings is 3. The Morgan fingerprint density at radius 3 is 2.45 bits per heavy atom. The fourth-order valence-corrected chi connectivity index (χ4v) is 3.75. The highest BCUT2D eigenvalue weighted by atomic mass is 16.5. The Kier molecular flexibility index (Phi) is 6.70. The molecule has 1 amide bonds. The van der Waals surface area contributed by atoms with E-state index in [2.05, 4.69) is 29.4 Å². The summed E-state index contributed by atoms with van der Waals surface area (Å²) in [6.45, 7) is 6.06. The van der Waals surface area contributed by atoms with Crippen molar-refractivity contribution in [1.82, 2.24) is 15.0 Å². The number of anilines is 1. The largest absolute Gasteiger partial charge is 0.481 e. The molecule has 1 heterocycles. The third-order valence-electron chi connectivity index (χ3n) is 5.48. The van der Waals surface area contributed by atoms with Crippen molar-refractivity contribution in [2.75, 3.05) is 18.5 Å². The standard InChI is InChI=1S/C26H28N4O3/c1-17(2)20-8-6-7-18(3)26(20)27-25(32)16-33-24-12-11-19(13-14-31)15-23(24)30-28-21-9-4-5-10-22(21)29-30/h4-12,15,17,31H,13-14,16H2,1-3H3,(H,27,32). The van der Waals surface area contributed by atoms with Crippen molar-refractivity contribution in [3.63, 3.8) is 0 Å². The van der Waals surface area contributed by atoms with E-state index in [-0.39, 0.29) is 25.0 Å². The number of nitrogens with one attached hydrogen (secondary N) is 1. The molecule has 33 heavy (non-hydrogen) atoms. The van der Waals surface area contributed by atoms with Gasteiger partial charge in [-0.25, -0.2) is 0 Å². The number of amides is 1. The molecule has 0 fully saturated rings. The number of carbonyl (C=O) groups is 1. The molecule has 4 rings (SSSR count). The highest BCUT2D eigenvalue weighted by molar-refractivity contribution is 5.93. The van der Waals surface area contributed by atoms with E-state index < -0.39 is 0 Å². The molecule has 0 bridgehead atoms. The predicted octanol–water partition coefficient (Wildman–Crippen LogP) is 4.40. The minimum absolute atomic E-state index is 0.0329. The number of carbonyl (C=O) groups excluding carboxylic acids is 1. The normalized spacial score (nSPS) is 11.2. The van der Waals surface area contributed by atoms with Crippen molar-refractivity contribution < 1.29 is 14.6 Å². The van der Waals surface area contributed by atoms with E-state index >= 15 is 0 Å². The van der Waals surface area contributed by atoms with E-state index in [0.717, 1.165) is 33.4 Å². The van der Waals surface area contributed by atoms with Crippen LogP contribution in [0.4, 0.5) is 5.69 Å². The molecular formula is C26H28N4O3. The molecule has 7 nitrogen and oxygen atoms in total. The third kappa shape index (κ3) is 5.04. The lowest BCUT2D eigenvalue weighted by atomic mass is 9.98. The van der Waals surface area contributed by atoms with E-state index in [1.54, 1.807) is 6.07 Å². The van der Waals surface area contributed by atoms with Gasteiger partial charge in [-0.1, -0.05) is 50.2 Å². The Bertz CT molecular complexity index is 1250. The molecule has 4 aromatic rings. The number of aromatic nitrogens is 3. The van der Waals surface area contributed by atoms with Crippen LogP contribution in [0.3, 0.4) is 0 Å². The first-order valence-corrected chi connectivity index (χ1v) is 11.0. The minimum atomic E-state index is -0.241. The summed E-state index contributed by atoms with van der Waals surface area (Å²) in [5.41, 5.74) is 5.99. The zero-order valence-electron chi connectivity index (χ0n) is 19.1. The number of aliphatic hydroxyl groups excluding tert-OH is 1. The molecule has 0 radical (unpaired) electrons. The van der Waals surface area contributed by atoms with Gasteiger partial charge in [0.1, 0.15) is 22.5 Å². The number of aryl methyl sites for hydroxylation is 1. The van der Waals surface area contributed by atoms with Crippen LogP contribution in [0.2, 0.25) is 0 Å². The van der Waals surface area contributed by atoms with Crippen molar-refractivity contribution in [2.45, 2.75) is 33.1 Å². The van der Waals surface area contributed by atoms with Gasteiger partial charge in [0.25, 0.3) is 5.91 Å². The summed E-state index contributed by atoms with van der Waals surface area (Å²) in [5, 5.41) is 21.4. The SMILES string of the molecule is Cc1cccc(C(C)C)c1NC(=O)COc1ccc(CCO)cc1-n1nc2ccccc2n1. The van der Waals surface area contributed by atoms with Gasteiger partial charge in [-0.15, -0.1) is 15.0 Å². The monoisotopic (exact) mass is 444 g/mol. The molecule has 7 heteroatoms. The second-order valence-electron chi connectivity index (χ2n) is 8.28. The number of hydrogen-bond acceptors (Lipinski definition) is 5. The molecule has 0 aliphatic heterocycles. The number of ether oxygens (including phenoxy) is 1. The quantitative estimate of drug-likeness (QED) is 0.420. The van der Waals surface area contributed by atoms with Crippen LogP contribution in [-0.2, 0) is 11.2 Å². The van der Waals surface area contributed by atoms with Gasteiger partial charge >= 0.3 is 0 Å². The highest BCUT2D eigenvalue weighted by Crippen LogP contribution is 2.28. The number of hydrogen-bond donors (Lipinski definition) is 2. The molecular weight excluding hydrogens is 416 g/mol. The number of para-hydroxylation sites is 1. The summed E-state index contributed by atoms with van der Waals surface area (Å²) < 4.78 is 5.92. The molecule has 0 spiro atoms. The molecule has 0 saturated carbocycles. The fourth-order valence-electron chi connectivity index (χ4n) is 3.75. The lowest BCUT2D eigenvalue weighted by Gasteiger charge is -2.17. The number of nitrogens with zero attached hydrogens (tertiary/aromatic N) is 3. The summed E-state index contributed by atoms with van der Waals surface area (Å²) in [4.78, 5) is 14.3. The smallest absolute Gasteiger partial charge is 0.262 e. The van der Waals surface area contributed by atoms with Crippen LogP contribution in [0.15, 0.2) is 60.7 Å². The van der Waals surface area contributed by atoms with Crippen molar-refractivity contribution in [3.8, 4) is 11.4 Å². The van der Waals surface area contributed by atoms with Crippen LogP contribution in [0, 0.1) is 6.92 Å². The number of aliphatic hydroxyl groups is 1. The molecule has 170 valence electrons. The first-order valence-electron chi connectivity index (χ1n) is 11.0. The molecule has 0 saturated heterocycles. The lowest BCUT2D eigenvalue weighted by Crippen LogP contribution is -2.22. The zero-order chi connectivity index (χ0) is 23.4. The Balaban J connectivity index is 1.58. The molecule has 0 aliphatic rings. The Hall–Kier alpha value is -3.71. The minimum Gasteiger partial charge on any atom is -0.481 e. The van der Waals surface area contributed by atoms with Gasteiger partial charge < -0.3 is 15.2 Å². The maximum atomic E-state index is 12.8. The van der Waals surface area contributed by atoms with Crippen LogP contribution in [0.5, 0.6) is 5.75 Å². The van der Waals surface area contributed by atoms with E-state index in [1.165, 1.54) is 4.80 Å². The Labute approximate surface area is 193 Å². The van der Waals surface area contributed by atoms with Crippen molar-refractivity contribution in [1.29, 1.82) is 0 Å². The summed E-state index contributed by atoms with van der Waals surface area (Å²) in [5.74, 6) is 0.531. The molecule has 3 aromatic carbocycles. The van der Waals surface area contributed by atoms with Gasteiger partial charge in [0.05, 0.1) is 0 Å². The topological polar surface area (TPSA) is 89.3 Å².